The highest BCUT2D eigenvalue weighted by atomic mass is 15.1. The van der Waals surface area contributed by atoms with Crippen LogP contribution in [-0.2, 0) is 0 Å². The van der Waals surface area contributed by atoms with E-state index in [2.05, 4.69) is 211 Å². The molecule has 1 aromatic heterocycles. The van der Waals surface area contributed by atoms with Crippen LogP contribution in [-0.4, -0.2) is 9.55 Å². The Hall–Kier alpha value is -7.03. The van der Waals surface area contributed by atoms with Gasteiger partial charge < -0.3 is 0 Å². The molecule has 0 fully saturated rings. The van der Waals surface area contributed by atoms with Crippen molar-refractivity contribution in [1.29, 1.82) is 0 Å². The number of nitrogens with zero attached hydrogens (tertiary/aromatic N) is 2. The van der Waals surface area contributed by atoms with Crippen LogP contribution in [0.5, 0.6) is 0 Å². The predicted molar refractivity (Wildman–Crippen MR) is 223 cm³/mol. The number of imidazole rings is 1. The lowest BCUT2D eigenvalue weighted by molar-refractivity contribution is 1.10. The molecule has 0 aliphatic heterocycles. The van der Waals surface area contributed by atoms with E-state index >= 15 is 0 Å². The lowest BCUT2D eigenvalue weighted by Crippen LogP contribution is -1.97. The van der Waals surface area contributed by atoms with E-state index in [0.29, 0.717) is 0 Å². The fourth-order valence-electron chi connectivity index (χ4n) is 7.96. The van der Waals surface area contributed by atoms with Crippen molar-refractivity contribution >= 4 is 32.6 Å². The summed E-state index contributed by atoms with van der Waals surface area (Å²) in [5.74, 6) is 0.932. The van der Waals surface area contributed by atoms with E-state index in [1.807, 2.05) is 0 Å². The molecule has 0 radical (unpaired) electrons. The van der Waals surface area contributed by atoms with Crippen LogP contribution in [0.3, 0.4) is 0 Å². The summed E-state index contributed by atoms with van der Waals surface area (Å²) in [6, 6.07) is 74.1. The zero-order valence-corrected chi connectivity index (χ0v) is 29.0. The first-order valence-electron chi connectivity index (χ1n) is 18.1. The topological polar surface area (TPSA) is 17.8 Å². The van der Waals surface area contributed by atoms with Crippen molar-refractivity contribution < 1.29 is 0 Å². The van der Waals surface area contributed by atoms with Crippen LogP contribution in [0.4, 0.5) is 0 Å². The van der Waals surface area contributed by atoms with E-state index < -0.39 is 0 Å². The normalized spacial score (nSPS) is 11.4. The molecule has 10 aromatic rings. The highest BCUT2D eigenvalue weighted by molar-refractivity contribution is 6.21. The second kappa shape index (κ2) is 12.9. The summed E-state index contributed by atoms with van der Waals surface area (Å²) >= 11 is 0. The Morgan fingerprint density at radius 2 is 0.717 bits per heavy atom. The zero-order chi connectivity index (χ0) is 35.1. The van der Waals surface area contributed by atoms with Crippen molar-refractivity contribution in [3.8, 4) is 61.6 Å². The quantitative estimate of drug-likeness (QED) is 0.161. The maximum atomic E-state index is 5.13. The molecular formula is C51H34N2. The van der Waals surface area contributed by atoms with Crippen molar-refractivity contribution in [2.45, 2.75) is 0 Å². The molecule has 2 heteroatoms. The standard InChI is InChI=1S/C51H34N2/c1-4-16-35(17-5-1)39-32-40(36-18-6-2-7-19-36)34-41(33-39)50-45-24-12-10-22-43(45)49(44-23-11-13-25-46(44)50)37-28-30-38(31-29-37)51-52-47-26-14-15-27-48(47)53(51)42-20-8-3-9-21-42/h1-34H. The van der Waals surface area contributed by atoms with Gasteiger partial charge in [0.25, 0.3) is 0 Å². The Kier molecular flexibility index (Phi) is 7.51. The smallest absolute Gasteiger partial charge is 0.145 e. The lowest BCUT2D eigenvalue weighted by Gasteiger charge is -2.19. The van der Waals surface area contributed by atoms with Gasteiger partial charge in [-0.3, -0.25) is 4.57 Å². The Morgan fingerprint density at radius 3 is 1.26 bits per heavy atom. The first kappa shape index (κ1) is 30.8. The van der Waals surface area contributed by atoms with E-state index in [1.54, 1.807) is 0 Å². The summed E-state index contributed by atoms with van der Waals surface area (Å²) in [5.41, 5.74) is 13.9. The number of hydrogen-bond acceptors (Lipinski definition) is 1. The molecule has 0 unspecified atom stereocenters. The molecule has 0 amide bonds. The molecule has 0 aliphatic rings. The molecule has 53 heavy (non-hydrogen) atoms. The van der Waals surface area contributed by atoms with Gasteiger partial charge in [-0.2, -0.15) is 0 Å². The third-order valence-electron chi connectivity index (χ3n) is 10.4. The summed E-state index contributed by atoms with van der Waals surface area (Å²) in [5, 5.41) is 4.94. The molecule has 0 spiro atoms. The first-order chi connectivity index (χ1) is 26.3. The van der Waals surface area contributed by atoms with Crippen LogP contribution < -0.4 is 0 Å². The van der Waals surface area contributed by atoms with Gasteiger partial charge in [-0.1, -0.05) is 164 Å². The van der Waals surface area contributed by atoms with E-state index in [-0.39, 0.29) is 0 Å². The largest absolute Gasteiger partial charge is 0.292 e. The van der Waals surface area contributed by atoms with Gasteiger partial charge in [0.1, 0.15) is 5.82 Å². The second-order valence-electron chi connectivity index (χ2n) is 13.5. The van der Waals surface area contributed by atoms with Crippen molar-refractivity contribution in [1.82, 2.24) is 9.55 Å². The highest BCUT2D eigenvalue weighted by Gasteiger charge is 2.19. The fourth-order valence-corrected chi connectivity index (χ4v) is 7.96. The summed E-state index contributed by atoms with van der Waals surface area (Å²) in [6.45, 7) is 0. The number of benzene rings is 9. The minimum Gasteiger partial charge on any atom is -0.292 e. The van der Waals surface area contributed by atoms with Gasteiger partial charge in [-0.15, -0.1) is 0 Å². The molecule has 0 N–H and O–H groups in total. The molecule has 0 saturated heterocycles. The van der Waals surface area contributed by atoms with E-state index in [4.69, 9.17) is 4.98 Å². The Bertz CT molecular complexity index is 2790. The van der Waals surface area contributed by atoms with Gasteiger partial charge in [0, 0.05) is 11.3 Å². The van der Waals surface area contributed by atoms with Crippen LogP contribution in [0.25, 0.3) is 94.2 Å². The third kappa shape index (κ3) is 5.40. The molecule has 10 rings (SSSR count). The number of hydrogen-bond donors (Lipinski definition) is 0. The van der Waals surface area contributed by atoms with Crippen molar-refractivity contribution in [3.05, 3.63) is 206 Å². The van der Waals surface area contributed by atoms with Gasteiger partial charge in [0.15, 0.2) is 0 Å². The summed E-state index contributed by atoms with van der Waals surface area (Å²) in [6.07, 6.45) is 0. The maximum absolute atomic E-state index is 5.13. The SMILES string of the molecule is c1ccc(-c2cc(-c3ccccc3)cc(-c3c4ccccc4c(-c4ccc(-c5nc6ccccc6n5-c5ccccc5)cc4)c4ccccc34)c2)cc1. The molecule has 1 heterocycles. The fraction of sp³-hybridized carbons (Fsp3) is 0. The van der Waals surface area contributed by atoms with E-state index in [1.165, 1.54) is 66.1 Å². The summed E-state index contributed by atoms with van der Waals surface area (Å²) in [4.78, 5) is 5.13. The van der Waals surface area contributed by atoms with Crippen LogP contribution in [0.2, 0.25) is 0 Å². The van der Waals surface area contributed by atoms with Crippen LogP contribution in [0.1, 0.15) is 0 Å². The molecule has 248 valence electrons. The highest BCUT2D eigenvalue weighted by Crippen LogP contribution is 2.45. The molecular weight excluding hydrogens is 641 g/mol. The molecule has 0 saturated carbocycles. The van der Waals surface area contributed by atoms with Gasteiger partial charge in [-0.25, -0.2) is 4.98 Å². The Labute approximate surface area is 308 Å². The summed E-state index contributed by atoms with van der Waals surface area (Å²) < 4.78 is 2.26. The van der Waals surface area contributed by atoms with E-state index in [0.717, 1.165) is 28.1 Å². The Morgan fingerprint density at radius 1 is 0.302 bits per heavy atom. The van der Waals surface area contributed by atoms with Crippen LogP contribution in [0.15, 0.2) is 206 Å². The average Bonchev–Trinajstić information content (AvgIpc) is 3.63. The minimum atomic E-state index is 0.932. The monoisotopic (exact) mass is 674 g/mol. The van der Waals surface area contributed by atoms with Crippen molar-refractivity contribution in [2.75, 3.05) is 0 Å². The molecule has 0 aliphatic carbocycles. The number of fused-ring (bicyclic) bond motifs is 3. The maximum Gasteiger partial charge on any atom is 0.145 e. The van der Waals surface area contributed by atoms with Gasteiger partial charge >= 0.3 is 0 Å². The number of rotatable bonds is 6. The minimum absolute atomic E-state index is 0.932. The summed E-state index contributed by atoms with van der Waals surface area (Å²) in [7, 11) is 0. The first-order valence-corrected chi connectivity index (χ1v) is 18.1. The number of aromatic nitrogens is 2. The molecule has 0 bridgehead atoms. The number of para-hydroxylation sites is 3. The van der Waals surface area contributed by atoms with Gasteiger partial charge in [0.2, 0.25) is 0 Å². The second-order valence-corrected chi connectivity index (χ2v) is 13.5. The van der Waals surface area contributed by atoms with Crippen LogP contribution in [0, 0.1) is 0 Å². The molecule has 2 nitrogen and oxygen atoms in total. The van der Waals surface area contributed by atoms with Crippen molar-refractivity contribution in [2.24, 2.45) is 0 Å². The van der Waals surface area contributed by atoms with Gasteiger partial charge in [-0.05, 0) is 109 Å². The third-order valence-corrected chi connectivity index (χ3v) is 10.4. The predicted octanol–water partition coefficient (Wildman–Crippen LogP) is 13.7. The average molecular weight is 675 g/mol. The van der Waals surface area contributed by atoms with E-state index in [9.17, 15) is 0 Å². The van der Waals surface area contributed by atoms with Gasteiger partial charge in [0.05, 0.1) is 11.0 Å². The van der Waals surface area contributed by atoms with Crippen molar-refractivity contribution in [3.63, 3.8) is 0 Å². The Balaban J connectivity index is 1.17. The lowest BCUT2D eigenvalue weighted by atomic mass is 9.84. The van der Waals surface area contributed by atoms with Crippen LogP contribution >= 0.6 is 0 Å². The molecule has 9 aromatic carbocycles. The molecule has 0 atom stereocenters. The zero-order valence-electron chi connectivity index (χ0n) is 29.0.